The summed E-state index contributed by atoms with van der Waals surface area (Å²) in [5.41, 5.74) is 0. The minimum Gasteiger partial charge on any atom is -0.310 e. The van der Waals surface area contributed by atoms with Crippen molar-refractivity contribution in [2.75, 3.05) is 13.5 Å². The molecule has 0 amide bonds. The van der Waals surface area contributed by atoms with Crippen LogP contribution in [0.2, 0.25) is 5.02 Å². The highest BCUT2D eigenvalue weighted by Gasteiger charge is 2.29. The quantitative estimate of drug-likeness (QED) is 0.559. The summed E-state index contributed by atoms with van der Waals surface area (Å²) >= 11 is 5.79. The van der Waals surface area contributed by atoms with Crippen molar-refractivity contribution in [2.45, 2.75) is 24.8 Å². The zero-order chi connectivity index (χ0) is 15.4. The van der Waals surface area contributed by atoms with Gasteiger partial charge in [-0.05, 0) is 26.0 Å². The van der Waals surface area contributed by atoms with Crippen molar-refractivity contribution in [1.82, 2.24) is 0 Å². The van der Waals surface area contributed by atoms with Gasteiger partial charge in [0.2, 0.25) is 0 Å². The molecule has 0 N–H and O–H groups in total. The summed E-state index contributed by atoms with van der Waals surface area (Å²) in [4.78, 5) is -0.200. The third-order valence-corrected chi connectivity index (χ3v) is 5.81. The molecule has 0 saturated heterocycles. The van der Waals surface area contributed by atoms with Gasteiger partial charge in [-0.1, -0.05) is 23.7 Å². The lowest BCUT2D eigenvalue weighted by atomic mass is 10.4. The van der Waals surface area contributed by atoms with Crippen LogP contribution in [0.5, 0.6) is 0 Å². The molecule has 1 aromatic rings. The van der Waals surface area contributed by atoms with Gasteiger partial charge in [-0.3, -0.25) is 8.75 Å². The first kappa shape index (κ1) is 17.6. The summed E-state index contributed by atoms with van der Waals surface area (Å²) in [6.07, 6.45) is -1.11. The van der Waals surface area contributed by atoms with Gasteiger partial charge < -0.3 is 9.05 Å². The van der Waals surface area contributed by atoms with Crippen molar-refractivity contribution in [1.29, 1.82) is 0 Å². The molecule has 6 nitrogen and oxygen atoms in total. The Labute approximate surface area is 123 Å². The molecular formula is C11H16ClO6PS. The monoisotopic (exact) mass is 342 g/mol. The Balaban J connectivity index is 2.88. The van der Waals surface area contributed by atoms with E-state index in [0.717, 1.165) is 7.11 Å². The molecule has 0 radical (unpaired) electrons. The normalized spacial score (nSPS) is 15.2. The average Bonchev–Trinajstić information content (AvgIpc) is 2.36. The van der Waals surface area contributed by atoms with Crippen molar-refractivity contribution >= 4 is 29.3 Å². The molecule has 0 saturated carbocycles. The fraction of sp³-hybridized carbons (Fsp3) is 0.455. The van der Waals surface area contributed by atoms with Crippen LogP contribution in [0.4, 0.5) is 0 Å². The van der Waals surface area contributed by atoms with E-state index in [9.17, 15) is 13.0 Å². The molecule has 114 valence electrons. The van der Waals surface area contributed by atoms with Gasteiger partial charge in [0.15, 0.2) is 6.35 Å². The highest BCUT2D eigenvalue weighted by molar-refractivity contribution is 7.87. The molecule has 9 heteroatoms. The molecule has 0 aromatic heterocycles. The number of hydrogen-bond acceptors (Lipinski definition) is 6. The van der Waals surface area contributed by atoms with E-state index >= 15 is 0 Å². The Morgan fingerprint density at radius 3 is 2.40 bits per heavy atom. The third kappa shape index (κ3) is 4.84. The SMILES string of the molecule is COP(=O)(COS(=O)(=O)c1ccccc1Cl)OC(C)C. The summed E-state index contributed by atoms with van der Waals surface area (Å²) in [6.45, 7) is 3.29. The number of hydrogen-bond donors (Lipinski definition) is 0. The van der Waals surface area contributed by atoms with E-state index in [1.807, 2.05) is 0 Å². The van der Waals surface area contributed by atoms with Crippen molar-refractivity contribution in [3.63, 3.8) is 0 Å². The van der Waals surface area contributed by atoms with E-state index in [4.69, 9.17) is 24.8 Å². The van der Waals surface area contributed by atoms with Crippen LogP contribution in [0.15, 0.2) is 29.2 Å². The van der Waals surface area contributed by atoms with Gasteiger partial charge in [0.05, 0.1) is 11.1 Å². The standard InChI is InChI=1S/C11H16ClO6PS/c1-9(2)18-19(13,16-3)8-17-20(14,15)11-7-5-4-6-10(11)12/h4-7,9H,8H2,1-3H3. The molecule has 20 heavy (non-hydrogen) atoms. The molecule has 0 bridgehead atoms. The second-order valence-electron chi connectivity index (χ2n) is 4.08. The first-order valence-electron chi connectivity index (χ1n) is 5.67. The molecule has 1 atom stereocenters. The fourth-order valence-electron chi connectivity index (χ4n) is 1.29. The fourth-order valence-corrected chi connectivity index (χ4v) is 4.36. The Morgan fingerprint density at radius 1 is 1.30 bits per heavy atom. The maximum atomic E-state index is 12.1. The van der Waals surface area contributed by atoms with Crippen LogP contribution in [0.25, 0.3) is 0 Å². The minimum atomic E-state index is -4.13. The third-order valence-electron chi connectivity index (χ3n) is 2.12. The lowest BCUT2D eigenvalue weighted by Crippen LogP contribution is -2.12. The van der Waals surface area contributed by atoms with Crippen LogP contribution < -0.4 is 0 Å². The van der Waals surface area contributed by atoms with Gasteiger partial charge in [0.25, 0.3) is 10.1 Å². The van der Waals surface area contributed by atoms with E-state index in [1.54, 1.807) is 19.9 Å². The van der Waals surface area contributed by atoms with Crippen molar-refractivity contribution in [3.05, 3.63) is 29.3 Å². The van der Waals surface area contributed by atoms with Crippen LogP contribution in [0, 0.1) is 0 Å². The molecule has 0 heterocycles. The summed E-state index contributed by atoms with van der Waals surface area (Å²) < 4.78 is 50.5. The minimum absolute atomic E-state index is 0.0181. The number of benzene rings is 1. The molecule has 1 unspecified atom stereocenters. The van der Waals surface area contributed by atoms with Gasteiger partial charge in [-0.2, -0.15) is 8.42 Å². The predicted molar refractivity (Wildman–Crippen MR) is 75.4 cm³/mol. The van der Waals surface area contributed by atoms with Gasteiger partial charge in [0.1, 0.15) is 4.90 Å². The van der Waals surface area contributed by atoms with Crippen molar-refractivity contribution in [3.8, 4) is 0 Å². The lowest BCUT2D eigenvalue weighted by Gasteiger charge is -2.18. The highest BCUT2D eigenvalue weighted by atomic mass is 35.5. The van der Waals surface area contributed by atoms with E-state index in [-0.39, 0.29) is 9.92 Å². The number of rotatable bonds is 7. The molecule has 1 rings (SSSR count). The summed E-state index contributed by atoms with van der Waals surface area (Å²) in [5.74, 6) is 0. The maximum Gasteiger partial charge on any atom is 0.357 e. The smallest absolute Gasteiger partial charge is 0.310 e. The Morgan fingerprint density at radius 2 is 1.90 bits per heavy atom. The molecule has 0 spiro atoms. The van der Waals surface area contributed by atoms with Crippen LogP contribution in [0.1, 0.15) is 13.8 Å². The van der Waals surface area contributed by atoms with E-state index in [0.29, 0.717) is 0 Å². The first-order valence-corrected chi connectivity index (χ1v) is 9.19. The van der Waals surface area contributed by atoms with E-state index in [2.05, 4.69) is 0 Å². The van der Waals surface area contributed by atoms with Crippen molar-refractivity contribution < 1.29 is 26.2 Å². The second kappa shape index (κ2) is 7.02. The van der Waals surface area contributed by atoms with E-state index < -0.39 is 30.2 Å². The topological polar surface area (TPSA) is 78.9 Å². The van der Waals surface area contributed by atoms with Gasteiger partial charge in [-0.25, -0.2) is 0 Å². The van der Waals surface area contributed by atoms with Crippen LogP contribution in [-0.2, 0) is 27.9 Å². The predicted octanol–water partition coefficient (Wildman–Crippen LogP) is 3.27. The summed E-state index contributed by atoms with van der Waals surface area (Å²) in [6, 6.07) is 5.79. The Bertz CT molecular complexity index is 601. The highest BCUT2D eigenvalue weighted by Crippen LogP contribution is 2.49. The number of halogens is 1. The molecule has 0 aliphatic heterocycles. The van der Waals surface area contributed by atoms with E-state index in [1.165, 1.54) is 18.2 Å². The van der Waals surface area contributed by atoms with Crippen LogP contribution in [-0.4, -0.2) is 28.0 Å². The van der Waals surface area contributed by atoms with Gasteiger partial charge in [0, 0.05) is 7.11 Å². The van der Waals surface area contributed by atoms with Gasteiger partial charge in [-0.15, -0.1) is 0 Å². The zero-order valence-electron chi connectivity index (χ0n) is 11.3. The Hall–Kier alpha value is -0.430. The zero-order valence-corrected chi connectivity index (χ0v) is 13.7. The summed E-state index contributed by atoms with van der Waals surface area (Å²) in [5, 5.41) is 0.0181. The molecule has 0 aliphatic rings. The van der Waals surface area contributed by atoms with Crippen molar-refractivity contribution in [2.24, 2.45) is 0 Å². The first-order chi connectivity index (χ1) is 9.20. The second-order valence-corrected chi connectivity index (χ2v) is 8.13. The average molecular weight is 343 g/mol. The molecule has 0 fully saturated rings. The molecular weight excluding hydrogens is 327 g/mol. The van der Waals surface area contributed by atoms with Crippen LogP contribution >= 0.6 is 19.2 Å². The Kier molecular flexibility index (Phi) is 6.19. The lowest BCUT2D eigenvalue weighted by molar-refractivity contribution is 0.171. The maximum absolute atomic E-state index is 12.1. The van der Waals surface area contributed by atoms with Crippen LogP contribution in [0.3, 0.4) is 0 Å². The molecule has 0 aliphatic carbocycles. The van der Waals surface area contributed by atoms with Gasteiger partial charge >= 0.3 is 7.60 Å². The largest absolute Gasteiger partial charge is 0.357 e. The summed E-state index contributed by atoms with van der Waals surface area (Å²) in [7, 11) is -6.61. The molecule has 1 aromatic carbocycles.